The first-order valence-electron chi connectivity index (χ1n) is 16.0. The van der Waals surface area contributed by atoms with Gasteiger partial charge in [0.15, 0.2) is 0 Å². The zero-order valence-electron chi connectivity index (χ0n) is 26.1. The van der Waals surface area contributed by atoms with Gasteiger partial charge < -0.3 is 11.5 Å². The number of fused-ring (bicyclic) bond motifs is 2. The molecule has 0 aliphatic heterocycles. The molecule has 46 heavy (non-hydrogen) atoms. The number of benzene rings is 4. The van der Waals surface area contributed by atoms with Gasteiger partial charge in [-0.15, -0.1) is 0 Å². The van der Waals surface area contributed by atoms with Crippen LogP contribution >= 0.6 is 0 Å². The van der Waals surface area contributed by atoms with Crippen molar-refractivity contribution in [1.82, 2.24) is 19.1 Å². The average Bonchev–Trinajstić information content (AvgIpc) is 3.99. The molecule has 8 heteroatoms. The highest BCUT2D eigenvalue weighted by Gasteiger charge is 2.34. The smallest absolute Gasteiger partial charge is 0.266 e. The molecule has 0 unspecified atom stereocenters. The number of nitrogens with zero attached hydrogens (tertiary/aromatic N) is 4. The summed E-state index contributed by atoms with van der Waals surface area (Å²) in [5.74, 6) is 2.20. The van der Waals surface area contributed by atoms with Crippen molar-refractivity contribution in [1.29, 1.82) is 0 Å². The predicted octanol–water partition coefficient (Wildman–Crippen LogP) is 6.21. The van der Waals surface area contributed by atoms with E-state index in [9.17, 15) is 9.59 Å². The van der Waals surface area contributed by atoms with E-state index in [1.54, 1.807) is 9.13 Å². The van der Waals surface area contributed by atoms with Crippen molar-refractivity contribution >= 4 is 21.8 Å². The minimum Gasteiger partial charge on any atom is -0.321 e. The number of para-hydroxylation sites is 2. The summed E-state index contributed by atoms with van der Waals surface area (Å²) in [7, 11) is 0. The molecule has 2 saturated carbocycles. The Bertz CT molecular complexity index is 2010. The molecular formula is C38H38N6O2. The van der Waals surface area contributed by atoms with Crippen LogP contribution in [0.15, 0.2) is 107 Å². The number of hydrogen-bond donors (Lipinski definition) is 2. The van der Waals surface area contributed by atoms with Gasteiger partial charge in [0.05, 0.1) is 45.3 Å². The summed E-state index contributed by atoms with van der Waals surface area (Å²) >= 11 is 0. The van der Waals surface area contributed by atoms with Gasteiger partial charge in [0.25, 0.3) is 11.1 Å². The Morgan fingerprint density at radius 2 is 0.935 bits per heavy atom. The standard InChI is InChI=1S/2C19H19N3O/c2*1-12-6-5-9-15-16(12)19(23)22(14-7-3-2-4-8-14)18(21-15)17(20)13-10-11-13/h2*2-9,13,17H,10-11,20H2,1H3/t2*17-/m00/s1. The van der Waals surface area contributed by atoms with Gasteiger partial charge in [-0.3, -0.25) is 18.7 Å². The zero-order chi connectivity index (χ0) is 31.9. The molecule has 8 rings (SSSR count). The van der Waals surface area contributed by atoms with Crippen LogP contribution in [-0.2, 0) is 0 Å². The maximum Gasteiger partial charge on any atom is 0.266 e. The van der Waals surface area contributed by atoms with E-state index in [-0.39, 0.29) is 23.2 Å². The van der Waals surface area contributed by atoms with Gasteiger partial charge >= 0.3 is 0 Å². The van der Waals surface area contributed by atoms with Crippen LogP contribution in [0.25, 0.3) is 33.2 Å². The molecule has 232 valence electrons. The first-order chi connectivity index (χ1) is 22.3. The Hall–Kier alpha value is -4.92. The largest absolute Gasteiger partial charge is 0.321 e. The molecule has 6 aromatic rings. The third kappa shape index (κ3) is 5.55. The molecular weight excluding hydrogens is 572 g/mol. The lowest BCUT2D eigenvalue weighted by Crippen LogP contribution is -2.29. The maximum absolute atomic E-state index is 13.2. The number of aryl methyl sites for hydroxylation is 2. The SMILES string of the molecule is Cc1cccc2nc([C@@H](N)C3CC3)n(-c3ccccc3)c(=O)c12.Cc1cccc2nc([C@@H](N)C3CC3)n(-c3ccccc3)c(=O)c12. The summed E-state index contributed by atoms with van der Waals surface area (Å²) in [5.41, 5.74) is 17.7. The van der Waals surface area contributed by atoms with Crippen molar-refractivity contribution in [2.24, 2.45) is 23.3 Å². The Morgan fingerprint density at radius 3 is 1.28 bits per heavy atom. The fourth-order valence-electron chi connectivity index (χ4n) is 6.26. The van der Waals surface area contributed by atoms with Crippen LogP contribution < -0.4 is 22.6 Å². The fourth-order valence-corrected chi connectivity index (χ4v) is 6.26. The number of nitrogens with two attached hydrogens (primary N) is 2. The lowest BCUT2D eigenvalue weighted by Gasteiger charge is -2.18. The van der Waals surface area contributed by atoms with E-state index in [0.717, 1.165) is 59.2 Å². The minimum atomic E-state index is -0.201. The van der Waals surface area contributed by atoms with E-state index in [4.69, 9.17) is 21.4 Å². The molecule has 0 amide bonds. The predicted molar refractivity (Wildman–Crippen MR) is 183 cm³/mol. The second-order valence-corrected chi connectivity index (χ2v) is 12.6. The monoisotopic (exact) mass is 610 g/mol. The summed E-state index contributed by atoms with van der Waals surface area (Å²) in [6.45, 7) is 3.89. The van der Waals surface area contributed by atoms with Crippen LogP contribution in [0.5, 0.6) is 0 Å². The lowest BCUT2D eigenvalue weighted by atomic mass is 10.1. The fraction of sp³-hybridized carbons (Fsp3) is 0.263. The molecule has 2 atom stereocenters. The molecule has 2 aromatic heterocycles. The number of rotatable bonds is 6. The first kappa shape index (κ1) is 29.8. The molecule has 4 N–H and O–H groups in total. The second kappa shape index (κ2) is 12.1. The number of hydrogen-bond acceptors (Lipinski definition) is 6. The minimum absolute atomic E-state index is 0.0367. The highest BCUT2D eigenvalue weighted by atomic mass is 16.1. The molecule has 8 nitrogen and oxygen atoms in total. The molecule has 2 fully saturated rings. The zero-order valence-corrected chi connectivity index (χ0v) is 26.1. The van der Waals surface area contributed by atoms with Gasteiger partial charge in [-0.05, 0) is 98.9 Å². The van der Waals surface area contributed by atoms with Gasteiger partial charge in [0, 0.05) is 0 Å². The van der Waals surface area contributed by atoms with Crippen molar-refractivity contribution in [2.45, 2.75) is 51.6 Å². The normalized spacial score (nSPS) is 15.7. The second-order valence-electron chi connectivity index (χ2n) is 12.6. The first-order valence-corrected chi connectivity index (χ1v) is 16.0. The van der Waals surface area contributed by atoms with Crippen LogP contribution in [0.2, 0.25) is 0 Å². The van der Waals surface area contributed by atoms with Gasteiger partial charge in [-0.1, -0.05) is 60.7 Å². The summed E-state index contributed by atoms with van der Waals surface area (Å²) in [4.78, 5) is 35.9. The van der Waals surface area contributed by atoms with Crippen molar-refractivity contribution in [3.8, 4) is 11.4 Å². The Kier molecular flexibility index (Phi) is 7.84. The van der Waals surface area contributed by atoms with Gasteiger partial charge in [0.2, 0.25) is 0 Å². The van der Waals surface area contributed by atoms with Crippen molar-refractivity contribution in [3.05, 3.63) is 141 Å². The highest BCUT2D eigenvalue weighted by molar-refractivity contribution is 5.82. The van der Waals surface area contributed by atoms with Gasteiger partial charge in [-0.2, -0.15) is 0 Å². The summed E-state index contributed by atoms with van der Waals surface area (Å²) in [6.07, 6.45) is 4.44. The Balaban J connectivity index is 0.000000147. The van der Waals surface area contributed by atoms with Crippen molar-refractivity contribution in [2.75, 3.05) is 0 Å². The van der Waals surface area contributed by atoms with Crippen molar-refractivity contribution in [3.63, 3.8) is 0 Å². The average molecular weight is 611 g/mol. The van der Waals surface area contributed by atoms with E-state index < -0.39 is 0 Å². The molecule has 0 saturated heterocycles. The van der Waals surface area contributed by atoms with Crippen LogP contribution in [0, 0.1) is 25.7 Å². The van der Waals surface area contributed by atoms with Crippen LogP contribution in [0.4, 0.5) is 0 Å². The third-order valence-electron chi connectivity index (χ3n) is 9.15. The molecule has 0 bridgehead atoms. The summed E-state index contributed by atoms with van der Waals surface area (Å²) < 4.78 is 3.39. The molecule has 2 heterocycles. The molecule has 4 aromatic carbocycles. The number of aromatic nitrogens is 4. The quantitative estimate of drug-likeness (QED) is 0.231. The molecule has 0 spiro atoms. The van der Waals surface area contributed by atoms with Gasteiger partial charge in [0.1, 0.15) is 11.6 Å². The van der Waals surface area contributed by atoms with E-state index >= 15 is 0 Å². The van der Waals surface area contributed by atoms with Crippen molar-refractivity contribution < 1.29 is 0 Å². The molecule has 2 aliphatic rings. The van der Waals surface area contributed by atoms with E-state index in [0.29, 0.717) is 34.3 Å². The third-order valence-corrected chi connectivity index (χ3v) is 9.15. The maximum atomic E-state index is 13.2. The summed E-state index contributed by atoms with van der Waals surface area (Å²) in [6, 6.07) is 30.4. The van der Waals surface area contributed by atoms with Crippen LogP contribution in [0.1, 0.15) is 60.5 Å². The van der Waals surface area contributed by atoms with Crippen LogP contribution in [0.3, 0.4) is 0 Å². The van der Waals surface area contributed by atoms with Gasteiger partial charge in [-0.25, -0.2) is 9.97 Å². The van der Waals surface area contributed by atoms with E-state index in [1.807, 2.05) is 111 Å². The summed E-state index contributed by atoms with van der Waals surface area (Å²) in [5, 5.41) is 1.34. The molecule has 0 radical (unpaired) electrons. The Labute approximate surface area is 267 Å². The van der Waals surface area contributed by atoms with E-state index in [1.165, 1.54) is 0 Å². The molecule has 2 aliphatic carbocycles. The highest BCUT2D eigenvalue weighted by Crippen LogP contribution is 2.40. The van der Waals surface area contributed by atoms with E-state index in [2.05, 4.69) is 0 Å². The lowest BCUT2D eigenvalue weighted by molar-refractivity contribution is 0.574. The van der Waals surface area contributed by atoms with Crippen LogP contribution in [-0.4, -0.2) is 19.1 Å². The Morgan fingerprint density at radius 1 is 0.565 bits per heavy atom. The topological polar surface area (TPSA) is 122 Å².